The molecule has 0 saturated heterocycles. The molecule has 2 rings (SSSR count). The zero-order valence-electron chi connectivity index (χ0n) is 27.7. The van der Waals surface area contributed by atoms with E-state index >= 15 is 0 Å². The van der Waals surface area contributed by atoms with E-state index in [-0.39, 0.29) is 18.1 Å². The Morgan fingerprint density at radius 2 is 1.40 bits per heavy atom. The Balaban J connectivity index is 1.92. The smallest absolute Gasteiger partial charge is 0.0681 e. The third kappa shape index (κ3) is 11.7. The van der Waals surface area contributed by atoms with Gasteiger partial charge < -0.3 is 10.2 Å². The monoisotopic (exact) mass is 568 g/mol. The maximum Gasteiger partial charge on any atom is 0.0681 e. The first-order valence-electron chi connectivity index (χ1n) is 15.5. The summed E-state index contributed by atoms with van der Waals surface area (Å²) in [7, 11) is 0. The zero-order valence-corrected chi connectivity index (χ0v) is 27.7. The molecule has 0 spiro atoms. The molecule has 2 aliphatic rings. The molecule has 2 nitrogen and oxygen atoms in total. The topological polar surface area (TPSA) is 40.5 Å². The Morgan fingerprint density at radius 1 is 0.833 bits per heavy atom. The summed E-state index contributed by atoms with van der Waals surface area (Å²) in [5.41, 5.74) is 8.65. The molecule has 0 aromatic carbocycles. The second-order valence-corrected chi connectivity index (χ2v) is 13.5. The molecule has 0 saturated carbocycles. The van der Waals surface area contributed by atoms with Crippen LogP contribution in [0.4, 0.5) is 0 Å². The van der Waals surface area contributed by atoms with Crippen molar-refractivity contribution >= 4 is 0 Å². The minimum atomic E-state index is -0.270. The largest absolute Gasteiger partial charge is 0.393 e. The molecule has 2 heteroatoms. The Morgan fingerprint density at radius 3 is 1.98 bits per heavy atom. The highest BCUT2D eigenvalue weighted by molar-refractivity contribution is 5.39. The second kappa shape index (κ2) is 16.6. The lowest BCUT2D eigenvalue weighted by atomic mass is 9.68. The van der Waals surface area contributed by atoms with E-state index in [2.05, 4.69) is 123 Å². The van der Waals surface area contributed by atoms with Crippen molar-refractivity contribution in [1.29, 1.82) is 0 Å². The van der Waals surface area contributed by atoms with Gasteiger partial charge in [0.2, 0.25) is 0 Å². The van der Waals surface area contributed by atoms with E-state index in [0.717, 1.165) is 24.0 Å². The van der Waals surface area contributed by atoms with Crippen LogP contribution in [-0.2, 0) is 0 Å². The number of aliphatic hydroxyl groups excluding tert-OH is 2. The highest BCUT2D eigenvalue weighted by atomic mass is 16.3. The van der Waals surface area contributed by atoms with Crippen LogP contribution >= 0.6 is 0 Å². The van der Waals surface area contributed by atoms with E-state index in [4.69, 9.17) is 0 Å². The van der Waals surface area contributed by atoms with Crippen molar-refractivity contribution in [2.24, 2.45) is 16.7 Å². The van der Waals surface area contributed by atoms with Gasteiger partial charge in [0.05, 0.1) is 12.7 Å². The summed E-state index contributed by atoms with van der Waals surface area (Å²) in [5, 5.41) is 19.9. The van der Waals surface area contributed by atoms with Crippen LogP contribution in [0.1, 0.15) is 88.0 Å². The van der Waals surface area contributed by atoms with Gasteiger partial charge in [-0.15, -0.1) is 0 Å². The van der Waals surface area contributed by atoms with Crippen LogP contribution in [0.15, 0.2) is 130 Å². The molecule has 0 heterocycles. The summed E-state index contributed by atoms with van der Waals surface area (Å²) in [6.45, 7) is 19.8. The normalized spacial score (nSPS) is 24.8. The molecule has 0 fully saturated rings. The molecular weight excluding hydrogens is 512 g/mol. The molecule has 228 valence electrons. The van der Waals surface area contributed by atoms with Crippen molar-refractivity contribution in [3.05, 3.63) is 130 Å². The first-order valence-corrected chi connectivity index (χ1v) is 15.5. The third-order valence-electron chi connectivity index (χ3n) is 8.48. The van der Waals surface area contributed by atoms with Gasteiger partial charge in [-0.2, -0.15) is 0 Å². The molecule has 0 unspecified atom stereocenters. The summed E-state index contributed by atoms with van der Waals surface area (Å²) < 4.78 is 0. The van der Waals surface area contributed by atoms with Gasteiger partial charge in [0.25, 0.3) is 0 Å². The first kappa shape index (κ1) is 35.3. The fourth-order valence-corrected chi connectivity index (χ4v) is 6.02. The minimum Gasteiger partial charge on any atom is -0.393 e. The summed E-state index contributed by atoms with van der Waals surface area (Å²) in [6.07, 6.45) is 35.5. The number of hydrogen-bond donors (Lipinski definition) is 2. The standard InChI is InChI=1S/C40H56O2/c1-30(17-12-18-32(3)22-24-37-33(4)20-14-26-39(37,6)7)15-10-11-16-31(2)19-13-21-35(29-41)23-25-38-34(5)27-36(42)28-40(38,8)9/h10-13,15-25,36-37,41-42H,14,26-29H2,1-9H3/b11-10+,17-12+,19-13+,24-22+,25-23+,30-15+,31-16+,32-18+,35-21+/t36-,37+/m1/s1. The van der Waals surface area contributed by atoms with Crippen LogP contribution in [0.25, 0.3) is 0 Å². The lowest BCUT2D eigenvalue weighted by Crippen LogP contribution is -2.28. The van der Waals surface area contributed by atoms with Crippen LogP contribution in [0.2, 0.25) is 0 Å². The average Bonchev–Trinajstić information content (AvgIpc) is 2.88. The van der Waals surface area contributed by atoms with Crippen molar-refractivity contribution in [3.63, 3.8) is 0 Å². The number of allylic oxidation sites excluding steroid dienone is 19. The highest BCUT2D eigenvalue weighted by Gasteiger charge is 2.32. The molecule has 0 bridgehead atoms. The van der Waals surface area contributed by atoms with Gasteiger partial charge in [0.1, 0.15) is 0 Å². The van der Waals surface area contributed by atoms with Gasteiger partial charge in [-0.3, -0.25) is 0 Å². The summed E-state index contributed by atoms with van der Waals surface area (Å²) in [6, 6.07) is 0. The Bertz CT molecular complexity index is 1260. The van der Waals surface area contributed by atoms with E-state index in [1.165, 1.54) is 40.7 Å². The quantitative estimate of drug-likeness (QED) is 0.192. The lowest BCUT2D eigenvalue weighted by molar-refractivity contribution is 0.116. The van der Waals surface area contributed by atoms with Crippen LogP contribution < -0.4 is 0 Å². The average molecular weight is 569 g/mol. The van der Waals surface area contributed by atoms with Gasteiger partial charge in [0, 0.05) is 5.92 Å². The Labute approximate surface area is 257 Å². The summed E-state index contributed by atoms with van der Waals surface area (Å²) in [5.74, 6) is 0.513. The molecule has 2 aliphatic carbocycles. The zero-order chi connectivity index (χ0) is 31.3. The van der Waals surface area contributed by atoms with E-state index in [0.29, 0.717) is 11.3 Å². The van der Waals surface area contributed by atoms with Crippen molar-refractivity contribution < 1.29 is 10.2 Å². The van der Waals surface area contributed by atoms with E-state index < -0.39 is 0 Å². The van der Waals surface area contributed by atoms with E-state index in [9.17, 15) is 10.2 Å². The number of rotatable bonds is 11. The van der Waals surface area contributed by atoms with Crippen molar-refractivity contribution in [1.82, 2.24) is 0 Å². The molecule has 2 N–H and O–H groups in total. The molecular formula is C40H56O2. The molecule has 42 heavy (non-hydrogen) atoms. The van der Waals surface area contributed by atoms with Crippen LogP contribution in [0, 0.1) is 16.7 Å². The van der Waals surface area contributed by atoms with Crippen LogP contribution in [0.3, 0.4) is 0 Å². The maximum atomic E-state index is 10.1. The minimum absolute atomic E-state index is 0.0167. The van der Waals surface area contributed by atoms with Crippen LogP contribution in [0.5, 0.6) is 0 Å². The molecule has 2 atom stereocenters. The third-order valence-corrected chi connectivity index (χ3v) is 8.48. The van der Waals surface area contributed by atoms with Crippen molar-refractivity contribution in [3.8, 4) is 0 Å². The Kier molecular flexibility index (Phi) is 14.0. The van der Waals surface area contributed by atoms with Gasteiger partial charge in [-0.1, -0.05) is 147 Å². The molecule has 0 aromatic rings. The van der Waals surface area contributed by atoms with Crippen molar-refractivity contribution in [2.75, 3.05) is 6.61 Å². The molecule has 0 amide bonds. The van der Waals surface area contributed by atoms with Gasteiger partial charge in [0.15, 0.2) is 0 Å². The number of hydrogen-bond acceptors (Lipinski definition) is 2. The predicted molar refractivity (Wildman–Crippen MR) is 184 cm³/mol. The number of aliphatic hydroxyl groups is 2. The predicted octanol–water partition coefficient (Wildman–Crippen LogP) is 10.4. The fourth-order valence-electron chi connectivity index (χ4n) is 6.02. The summed E-state index contributed by atoms with van der Waals surface area (Å²) in [4.78, 5) is 0. The van der Waals surface area contributed by atoms with Gasteiger partial charge in [-0.25, -0.2) is 0 Å². The van der Waals surface area contributed by atoms with E-state index in [1.807, 2.05) is 30.4 Å². The first-order chi connectivity index (χ1) is 19.7. The second-order valence-electron chi connectivity index (χ2n) is 13.5. The lowest BCUT2D eigenvalue weighted by Gasteiger charge is -2.36. The highest BCUT2D eigenvalue weighted by Crippen LogP contribution is 2.42. The fraction of sp³-hybridized carbons (Fsp3) is 0.450. The van der Waals surface area contributed by atoms with Crippen LogP contribution in [-0.4, -0.2) is 22.9 Å². The van der Waals surface area contributed by atoms with E-state index in [1.54, 1.807) is 0 Å². The van der Waals surface area contributed by atoms with Gasteiger partial charge in [-0.05, 0) is 82.3 Å². The van der Waals surface area contributed by atoms with Gasteiger partial charge >= 0.3 is 0 Å². The molecule has 0 aromatic heterocycles. The Hall–Kier alpha value is -2.94. The SMILES string of the molecule is CC1=CCCC(C)(C)[C@H]1/C=C/C(C)=C/C=C/C(C)=C/C=C/C=C(C)/C=C/C=C(\C=C\C1=C(C)C[C@@H](O)CC1(C)C)CO. The van der Waals surface area contributed by atoms with Crippen molar-refractivity contribution in [2.45, 2.75) is 94.1 Å². The molecule has 0 radical (unpaired) electrons. The maximum absolute atomic E-state index is 10.1. The summed E-state index contributed by atoms with van der Waals surface area (Å²) >= 11 is 0. The molecule has 0 aliphatic heterocycles.